The van der Waals surface area contributed by atoms with E-state index in [0.29, 0.717) is 12.0 Å². The Morgan fingerprint density at radius 1 is 1.14 bits per heavy atom. The highest BCUT2D eigenvalue weighted by molar-refractivity contribution is 9.10. The van der Waals surface area contributed by atoms with Crippen molar-refractivity contribution in [2.45, 2.75) is 24.8 Å². The number of nitrogens with one attached hydrogen (secondary N) is 1. The predicted octanol–water partition coefficient (Wildman–Crippen LogP) is 5.47. The summed E-state index contributed by atoms with van der Waals surface area (Å²) in [5.74, 6) is 1.54. The molecule has 0 bridgehead atoms. The maximum absolute atomic E-state index is 6.21. The summed E-state index contributed by atoms with van der Waals surface area (Å²) in [5, 5.41) is 4.29. The van der Waals surface area contributed by atoms with E-state index in [0.717, 1.165) is 33.8 Å². The summed E-state index contributed by atoms with van der Waals surface area (Å²) < 4.78 is 6.24. The molecule has 2 nitrogen and oxygen atoms in total. The van der Waals surface area contributed by atoms with Crippen LogP contribution in [0.2, 0.25) is 5.02 Å². The van der Waals surface area contributed by atoms with Crippen LogP contribution >= 0.6 is 27.5 Å². The van der Waals surface area contributed by atoms with Crippen molar-refractivity contribution in [1.29, 1.82) is 0 Å². The van der Waals surface area contributed by atoms with Crippen molar-refractivity contribution in [3.8, 4) is 5.75 Å². The molecule has 0 unspecified atom stereocenters. The van der Waals surface area contributed by atoms with E-state index in [-0.39, 0.29) is 0 Å². The molecule has 0 spiro atoms. The van der Waals surface area contributed by atoms with Crippen LogP contribution in [0.1, 0.15) is 24.3 Å². The van der Waals surface area contributed by atoms with Crippen molar-refractivity contribution in [3.63, 3.8) is 0 Å². The van der Waals surface area contributed by atoms with E-state index >= 15 is 0 Å². The van der Waals surface area contributed by atoms with Crippen LogP contribution in [0.5, 0.6) is 5.75 Å². The summed E-state index contributed by atoms with van der Waals surface area (Å²) >= 11 is 9.69. The second-order valence-electron chi connectivity index (χ2n) is 5.41. The summed E-state index contributed by atoms with van der Waals surface area (Å²) in [6.45, 7) is 0. The van der Waals surface area contributed by atoms with Gasteiger partial charge in [0.05, 0.1) is 17.8 Å². The third kappa shape index (κ3) is 3.35. The second kappa shape index (κ2) is 6.29. The molecular formula is C17H17BrClNO. The van der Waals surface area contributed by atoms with Crippen molar-refractivity contribution >= 4 is 33.2 Å². The molecule has 2 aromatic rings. The number of halogens is 2. The first-order valence-corrected chi connectivity index (χ1v) is 8.18. The molecule has 1 saturated carbocycles. The molecule has 0 aromatic heterocycles. The summed E-state index contributed by atoms with van der Waals surface area (Å²) in [7, 11) is 1.69. The highest BCUT2D eigenvalue weighted by atomic mass is 79.9. The third-order valence-corrected chi connectivity index (χ3v) is 4.84. The van der Waals surface area contributed by atoms with Crippen molar-refractivity contribution < 1.29 is 4.74 Å². The van der Waals surface area contributed by atoms with E-state index in [1.54, 1.807) is 7.11 Å². The average Bonchev–Trinajstić information content (AvgIpc) is 2.46. The van der Waals surface area contributed by atoms with Crippen molar-refractivity contribution in [2.75, 3.05) is 12.4 Å². The van der Waals surface area contributed by atoms with Gasteiger partial charge in [0, 0.05) is 10.5 Å². The number of hydrogen-bond donors (Lipinski definition) is 1. The minimum absolute atomic E-state index is 0.490. The molecule has 0 aliphatic heterocycles. The van der Waals surface area contributed by atoms with E-state index in [9.17, 15) is 0 Å². The molecule has 0 atom stereocenters. The second-order valence-corrected chi connectivity index (χ2v) is 6.73. The molecule has 110 valence electrons. The van der Waals surface area contributed by atoms with E-state index < -0.39 is 0 Å². The molecule has 0 heterocycles. The summed E-state index contributed by atoms with van der Waals surface area (Å²) in [4.78, 5) is 0. The molecule has 1 N–H and O–H groups in total. The number of hydrogen-bond acceptors (Lipinski definition) is 2. The Hall–Kier alpha value is -1.19. The fraction of sp³-hybridized carbons (Fsp3) is 0.294. The maximum atomic E-state index is 6.21. The zero-order valence-electron chi connectivity index (χ0n) is 11.8. The first kappa shape index (κ1) is 14.7. The fourth-order valence-corrected chi connectivity index (χ4v) is 3.25. The Morgan fingerprint density at radius 2 is 1.86 bits per heavy atom. The van der Waals surface area contributed by atoms with Crippen LogP contribution in [0.25, 0.3) is 0 Å². The Kier molecular flexibility index (Phi) is 4.41. The van der Waals surface area contributed by atoms with Gasteiger partial charge in [-0.25, -0.2) is 0 Å². The lowest BCUT2D eigenvalue weighted by molar-refractivity contribution is 0.373. The van der Waals surface area contributed by atoms with Gasteiger partial charge < -0.3 is 10.1 Å². The Bertz CT molecular complexity index is 623. The van der Waals surface area contributed by atoms with Gasteiger partial charge in [-0.3, -0.25) is 0 Å². The van der Waals surface area contributed by atoms with Crippen LogP contribution in [-0.4, -0.2) is 13.2 Å². The van der Waals surface area contributed by atoms with Crippen molar-refractivity contribution in [3.05, 3.63) is 57.5 Å². The first-order chi connectivity index (χ1) is 10.2. The lowest BCUT2D eigenvalue weighted by Crippen LogP contribution is -2.34. The van der Waals surface area contributed by atoms with Crippen LogP contribution in [0, 0.1) is 0 Å². The smallest absolute Gasteiger partial charge is 0.118 e. The van der Waals surface area contributed by atoms with Gasteiger partial charge in [0.1, 0.15) is 5.75 Å². The monoisotopic (exact) mass is 365 g/mol. The predicted molar refractivity (Wildman–Crippen MR) is 91.5 cm³/mol. The van der Waals surface area contributed by atoms with E-state index in [4.69, 9.17) is 16.3 Å². The van der Waals surface area contributed by atoms with Gasteiger partial charge in [0.15, 0.2) is 0 Å². The summed E-state index contributed by atoms with van der Waals surface area (Å²) in [5.41, 5.74) is 2.39. The quantitative estimate of drug-likeness (QED) is 0.774. The van der Waals surface area contributed by atoms with Gasteiger partial charge in [0.2, 0.25) is 0 Å². The lowest BCUT2D eigenvalue weighted by atomic mass is 9.76. The molecule has 1 aliphatic carbocycles. The molecule has 1 aliphatic rings. The first-order valence-electron chi connectivity index (χ1n) is 7.01. The number of methoxy groups -OCH3 is 1. The highest BCUT2D eigenvalue weighted by Crippen LogP contribution is 2.40. The van der Waals surface area contributed by atoms with E-state index in [1.165, 1.54) is 5.56 Å². The van der Waals surface area contributed by atoms with Crippen LogP contribution in [0.3, 0.4) is 0 Å². The van der Waals surface area contributed by atoms with E-state index in [2.05, 4.69) is 33.4 Å². The molecule has 0 saturated heterocycles. The summed E-state index contributed by atoms with van der Waals surface area (Å²) in [6.07, 6.45) is 2.27. The van der Waals surface area contributed by atoms with Gasteiger partial charge in [-0.2, -0.15) is 0 Å². The zero-order chi connectivity index (χ0) is 14.8. The molecule has 4 heteroatoms. The topological polar surface area (TPSA) is 21.3 Å². The van der Waals surface area contributed by atoms with Gasteiger partial charge in [-0.15, -0.1) is 0 Å². The largest absolute Gasteiger partial charge is 0.497 e. The Balaban J connectivity index is 1.59. The summed E-state index contributed by atoms with van der Waals surface area (Å²) in [6, 6.07) is 14.8. The van der Waals surface area contributed by atoms with Crippen molar-refractivity contribution in [1.82, 2.24) is 0 Å². The molecule has 21 heavy (non-hydrogen) atoms. The van der Waals surface area contributed by atoms with Gasteiger partial charge in [-0.1, -0.05) is 39.7 Å². The number of anilines is 1. The molecule has 3 rings (SSSR count). The Morgan fingerprint density at radius 3 is 2.52 bits per heavy atom. The van der Waals surface area contributed by atoms with Crippen LogP contribution in [-0.2, 0) is 0 Å². The van der Waals surface area contributed by atoms with Crippen molar-refractivity contribution in [2.24, 2.45) is 0 Å². The SMILES string of the molecule is COc1ccc(C2CC(Nc3cc(Br)ccc3Cl)C2)cc1. The van der Waals surface area contributed by atoms with Gasteiger partial charge in [-0.05, 0) is 54.7 Å². The zero-order valence-corrected chi connectivity index (χ0v) is 14.1. The lowest BCUT2D eigenvalue weighted by Gasteiger charge is -2.37. The maximum Gasteiger partial charge on any atom is 0.118 e. The fourth-order valence-electron chi connectivity index (χ4n) is 2.71. The van der Waals surface area contributed by atoms with Crippen LogP contribution < -0.4 is 10.1 Å². The Labute approximate surface area is 138 Å². The molecule has 0 amide bonds. The number of benzene rings is 2. The molecule has 0 radical (unpaired) electrons. The van der Waals surface area contributed by atoms with Crippen LogP contribution in [0.15, 0.2) is 46.9 Å². The normalized spacial score (nSPS) is 20.7. The average molecular weight is 367 g/mol. The number of ether oxygens (including phenoxy) is 1. The molecule has 1 fully saturated rings. The minimum Gasteiger partial charge on any atom is -0.497 e. The molecule has 2 aromatic carbocycles. The standard InChI is InChI=1S/C17H17BrClNO/c1-21-15-5-2-11(3-6-15)12-8-14(9-12)20-17-10-13(18)4-7-16(17)19/h2-7,10,12,14,20H,8-9H2,1H3. The van der Waals surface area contributed by atoms with E-state index in [1.807, 2.05) is 30.3 Å². The highest BCUT2D eigenvalue weighted by Gasteiger charge is 2.30. The third-order valence-electron chi connectivity index (χ3n) is 4.01. The minimum atomic E-state index is 0.490. The van der Waals surface area contributed by atoms with Gasteiger partial charge >= 0.3 is 0 Å². The van der Waals surface area contributed by atoms with Gasteiger partial charge in [0.25, 0.3) is 0 Å². The van der Waals surface area contributed by atoms with Crippen LogP contribution in [0.4, 0.5) is 5.69 Å². The number of rotatable bonds is 4. The molecular weight excluding hydrogens is 350 g/mol.